The van der Waals surface area contributed by atoms with Gasteiger partial charge in [0, 0.05) is 6.54 Å². The maximum Gasteiger partial charge on any atom is 0.258 e. The SMILES string of the molecule is CCOc1c(N)cccc1C(=O)N1CCOCC1CC. The summed E-state index contributed by atoms with van der Waals surface area (Å²) in [6, 6.07) is 5.42. The predicted octanol–water partition coefficient (Wildman–Crippen LogP) is 1.92. The van der Waals surface area contributed by atoms with Crippen LogP contribution in [0.25, 0.3) is 0 Å². The fourth-order valence-electron chi connectivity index (χ4n) is 2.44. The van der Waals surface area contributed by atoms with E-state index in [0.717, 1.165) is 6.42 Å². The van der Waals surface area contributed by atoms with Crippen LogP contribution in [0.15, 0.2) is 18.2 Å². The molecule has 0 spiro atoms. The van der Waals surface area contributed by atoms with Crippen molar-refractivity contribution in [2.24, 2.45) is 0 Å². The van der Waals surface area contributed by atoms with Gasteiger partial charge < -0.3 is 20.1 Å². The van der Waals surface area contributed by atoms with Crippen LogP contribution >= 0.6 is 0 Å². The minimum Gasteiger partial charge on any atom is -0.491 e. The van der Waals surface area contributed by atoms with E-state index in [4.69, 9.17) is 15.2 Å². The summed E-state index contributed by atoms with van der Waals surface area (Å²) in [5.74, 6) is 0.456. The zero-order chi connectivity index (χ0) is 14.5. The molecule has 5 heteroatoms. The first-order chi connectivity index (χ1) is 9.69. The lowest BCUT2D eigenvalue weighted by molar-refractivity contribution is -0.00296. The first-order valence-electron chi connectivity index (χ1n) is 7.09. The Morgan fingerprint density at radius 3 is 3.00 bits per heavy atom. The summed E-state index contributed by atoms with van der Waals surface area (Å²) >= 11 is 0. The molecule has 1 unspecified atom stereocenters. The summed E-state index contributed by atoms with van der Waals surface area (Å²) in [7, 11) is 0. The number of morpholine rings is 1. The first kappa shape index (κ1) is 14.7. The first-order valence-corrected chi connectivity index (χ1v) is 7.09. The summed E-state index contributed by atoms with van der Waals surface area (Å²) in [5, 5.41) is 0. The van der Waals surface area contributed by atoms with Crippen molar-refractivity contribution in [2.75, 3.05) is 32.1 Å². The van der Waals surface area contributed by atoms with Crippen molar-refractivity contribution < 1.29 is 14.3 Å². The van der Waals surface area contributed by atoms with Crippen molar-refractivity contribution >= 4 is 11.6 Å². The third-order valence-electron chi connectivity index (χ3n) is 3.52. The monoisotopic (exact) mass is 278 g/mol. The van der Waals surface area contributed by atoms with Crippen LogP contribution in [0.1, 0.15) is 30.6 Å². The quantitative estimate of drug-likeness (QED) is 0.855. The van der Waals surface area contributed by atoms with Crippen LogP contribution < -0.4 is 10.5 Å². The average Bonchev–Trinajstić information content (AvgIpc) is 2.48. The molecule has 1 atom stereocenters. The number of carbonyl (C=O) groups excluding carboxylic acids is 1. The second-order valence-electron chi connectivity index (χ2n) is 4.79. The Morgan fingerprint density at radius 2 is 2.30 bits per heavy atom. The largest absolute Gasteiger partial charge is 0.491 e. The van der Waals surface area contributed by atoms with Crippen molar-refractivity contribution in [3.05, 3.63) is 23.8 Å². The van der Waals surface area contributed by atoms with Crippen molar-refractivity contribution in [3.8, 4) is 5.75 Å². The topological polar surface area (TPSA) is 64.8 Å². The molecule has 110 valence electrons. The number of benzene rings is 1. The van der Waals surface area contributed by atoms with E-state index in [2.05, 4.69) is 6.92 Å². The normalized spacial score (nSPS) is 18.9. The highest BCUT2D eigenvalue weighted by molar-refractivity contribution is 5.98. The van der Waals surface area contributed by atoms with Gasteiger partial charge in [-0.3, -0.25) is 4.79 Å². The van der Waals surface area contributed by atoms with Gasteiger partial charge in [-0.15, -0.1) is 0 Å². The zero-order valence-electron chi connectivity index (χ0n) is 12.1. The van der Waals surface area contributed by atoms with E-state index in [1.54, 1.807) is 18.2 Å². The van der Waals surface area contributed by atoms with Crippen LogP contribution in [0.2, 0.25) is 0 Å². The van der Waals surface area contributed by atoms with Crippen molar-refractivity contribution in [1.82, 2.24) is 4.90 Å². The van der Waals surface area contributed by atoms with E-state index in [9.17, 15) is 4.79 Å². The van der Waals surface area contributed by atoms with Gasteiger partial charge in [-0.25, -0.2) is 0 Å². The molecule has 2 rings (SSSR count). The lowest BCUT2D eigenvalue weighted by Gasteiger charge is -2.35. The Labute approximate surface area is 119 Å². The molecular weight excluding hydrogens is 256 g/mol. The Kier molecular flexibility index (Phi) is 4.84. The number of amides is 1. The fraction of sp³-hybridized carbons (Fsp3) is 0.533. The average molecular weight is 278 g/mol. The molecule has 1 fully saturated rings. The van der Waals surface area contributed by atoms with Crippen LogP contribution in [-0.4, -0.2) is 43.2 Å². The van der Waals surface area contributed by atoms with Crippen molar-refractivity contribution in [3.63, 3.8) is 0 Å². The van der Waals surface area contributed by atoms with Gasteiger partial charge >= 0.3 is 0 Å². The summed E-state index contributed by atoms with van der Waals surface area (Å²) in [6.45, 7) is 6.20. The lowest BCUT2D eigenvalue weighted by Crippen LogP contribution is -2.48. The van der Waals surface area contributed by atoms with Crippen molar-refractivity contribution in [1.29, 1.82) is 0 Å². The summed E-state index contributed by atoms with van der Waals surface area (Å²) in [4.78, 5) is 14.6. The van der Waals surface area contributed by atoms with Crippen LogP contribution in [0.4, 0.5) is 5.69 Å². The van der Waals surface area contributed by atoms with Gasteiger partial charge in [0.15, 0.2) is 5.75 Å². The van der Waals surface area contributed by atoms with E-state index in [1.807, 2.05) is 11.8 Å². The van der Waals surface area contributed by atoms with E-state index >= 15 is 0 Å². The summed E-state index contributed by atoms with van der Waals surface area (Å²) in [6.07, 6.45) is 0.873. The Balaban J connectivity index is 2.30. The van der Waals surface area contributed by atoms with Gasteiger partial charge in [0.25, 0.3) is 5.91 Å². The Hall–Kier alpha value is -1.75. The second kappa shape index (κ2) is 6.61. The molecule has 1 amide bonds. The third-order valence-corrected chi connectivity index (χ3v) is 3.52. The fourth-order valence-corrected chi connectivity index (χ4v) is 2.44. The molecule has 1 aliphatic heterocycles. The molecule has 0 bridgehead atoms. The van der Waals surface area contributed by atoms with E-state index in [1.165, 1.54) is 0 Å². The molecule has 0 aromatic heterocycles. The Morgan fingerprint density at radius 1 is 1.50 bits per heavy atom. The molecule has 1 heterocycles. The van der Waals surface area contributed by atoms with E-state index < -0.39 is 0 Å². The standard InChI is InChI=1S/C15H22N2O3/c1-3-11-10-19-9-8-17(11)15(18)12-6-5-7-13(16)14(12)20-4-2/h5-7,11H,3-4,8-10,16H2,1-2H3. The smallest absolute Gasteiger partial charge is 0.258 e. The number of hydrogen-bond donors (Lipinski definition) is 1. The van der Waals surface area contributed by atoms with Gasteiger partial charge in [0.1, 0.15) is 0 Å². The highest BCUT2D eigenvalue weighted by atomic mass is 16.5. The number of para-hydroxylation sites is 1. The maximum absolute atomic E-state index is 12.8. The van der Waals surface area contributed by atoms with Crippen LogP contribution in [0.5, 0.6) is 5.75 Å². The molecule has 5 nitrogen and oxygen atoms in total. The third kappa shape index (κ3) is 2.88. The van der Waals surface area contributed by atoms with Crippen molar-refractivity contribution in [2.45, 2.75) is 26.3 Å². The molecule has 1 aromatic rings. The van der Waals surface area contributed by atoms with Gasteiger partial charge in [-0.05, 0) is 25.5 Å². The molecular formula is C15H22N2O3. The highest BCUT2D eigenvalue weighted by Crippen LogP contribution is 2.28. The maximum atomic E-state index is 12.8. The van der Waals surface area contributed by atoms with Gasteiger partial charge in [-0.2, -0.15) is 0 Å². The van der Waals surface area contributed by atoms with Crippen LogP contribution in [0.3, 0.4) is 0 Å². The molecule has 0 saturated carbocycles. The number of ether oxygens (including phenoxy) is 2. The van der Waals surface area contributed by atoms with Gasteiger partial charge in [0.05, 0.1) is 37.1 Å². The molecule has 1 aromatic carbocycles. The summed E-state index contributed by atoms with van der Waals surface area (Å²) < 4.78 is 11.0. The molecule has 1 aliphatic rings. The minimum absolute atomic E-state index is 0.0316. The number of anilines is 1. The van der Waals surface area contributed by atoms with Crippen LogP contribution in [-0.2, 0) is 4.74 Å². The number of nitrogen functional groups attached to an aromatic ring is 1. The number of carbonyl (C=O) groups is 1. The number of nitrogens with two attached hydrogens (primary N) is 1. The van der Waals surface area contributed by atoms with E-state index in [0.29, 0.717) is 43.4 Å². The molecule has 1 saturated heterocycles. The zero-order valence-corrected chi connectivity index (χ0v) is 12.1. The second-order valence-corrected chi connectivity index (χ2v) is 4.79. The molecule has 20 heavy (non-hydrogen) atoms. The van der Waals surface area contributed by atoms with Gasteiger partial charge in [0.2, 0.25) is 0 Å². The number of hydrogen-bond acceptors (Lipinski definition) is 4. The minimum atomic E-state index is -0.0316. The molecule has 0 radical (unpaired) electrons. The molecule has 2 N–H and O–H groups in total. The highest BCUT2D eigenvalue weighted by Gasteiger charge is 2.29. The van der Waals surface area contributed by atoms with Gasteiger partial charge in [-0.1, -0.05) is 13.0 Å². The number of rotatable bonds is 4. The summed E-state index contributed by atoms with van der Waals surface area (Å²) in [5.41, 5.74) is 6.96. The molecule has 0 aliphatic carbocycles. The predicted molar refractivity (Wildman–Crippen MR) is 78.0 cm³/mol. The van der Waals surface area contributed by atoms with E-state index in [-0.39, 0.29) is 11.9 Å². The van der Waals surface area contributed by atoms with Crippen LogP contribution in [0, 0.1) is 0 Å². The Bertz CT molecular complexity index is 476. The lowest BCUT2D eigenvalue weighted by atomic mass is 10.1. The number of nitrogens with zero attached hydrogens (tertiary/aromatic N) is 1.